The van der Waals surface area contributed by atoms with Crippen molar-refractivity contribution >= 4 is 28.9 Å². The Bertz CT molecular complexity index is 793. The molecule has 0 radical (unpaired) electrons. The molecular weight excluding hydrogens is 401 g/mol. The van der Waals surface area contributed by atoms with Crippen molar-refractivity contribution in [2.75, 3.05) is 19.0 Å². The van der Waals surface area contributed by atoms with Gasteiger partial charge in [0.2, 0.25) is 0 Å². The predicted octanol–water partition coefficient (Wildman–Crippen LogP) is 3.87. The van der Waals surface area contributed by atoms with Crippen LogP contribution in [0.25, 0.3) is 0 Å². The van der Waals surface area contributed by atoms with Gasteiger partial charge in [-0.3, -0.25) is 4.79 Å². The van der Waals surface area contributed by atoms with Gasteiger partial charge in [-0.1, -0.05) is 25.4 Å². The van der Waals surface area contributed by atoms with E-state index in [2.05, 4.69) is 10.2 Å². The first-order valence-corrected chi connectivity index (χ1v) is 8.61. The van der Waals surface area contributed by atoms with Crippen molar-refractivity contribution < 1.29 is 38.0 Å². The Morgan fingerprint density at radius 1 is 1.25 bits per heavy atom. The molecule has 0 bridgehead atoms. The van der Waals surface area contributed by atoms with Crippen molar-refractivity contribution in [1.29, 1.82) is 0 Å². The largest absolute Gasteiger partial charge is 0.487 e. The van der Waals surface area contributed by atoms with Crippen molar-refractivity contribution in [2.24, 2.45) is 0 Å². The molecule has 28 heavy (non-hydrogen) atoms. The minimum atomic E-state index is -2.74. The van der Waals surface area contributed by atoms with E-state index in [0.717, 1.165) is 6.07 Å². The molecule has 0 saturated heterocycles. The quantitative estimate of drug-likeness (QED) is 0.593. The van der Waals surface area contributed by atoms with Crippen molar-refractivity contribution in [3.8, 4) is 5.75 Å². The molecule has 2 aromatic carbocycles. The van der Waals surface area contributed by atoms with Crippen molar-refractivity contribution in [1.82, 2.24) is 0 Å². The van der Waals surface area contributed by atoms with E-state index < -0.39 is 30.0 Å². The van der Waals surface area contributed by atoms with E-state index in [1.807, 2.05) is 13.8 Å². The highest BCUT2D eigenvalue weighted by atomic mass is 35.5. The Kier molecular flexibility index (Phi) is 9.74. The standard InChI is InChI=1S/C16H14ClF3N2O4.C2H6/c1-25-22(24)10-3-5-14(26-8-15(19)20)11(7-10)16(23)21-9-2-4-13(18)12(17)6-9;1-2/h2-7,15,24H,8H2,1H3,(H,21,23);1-2H3/p+1. The zero-order valence-corrected chi connectivity index (χ0v) is 16.2. The number of amides is 1. The molecule has 0 aliphatic carbocycles. The molecule has 0 aromatic heterocycles. The molecule has 2 aromatic rings. The van der Waals surface area contributed by atoms with Gasteiger partial charge in [0.1, 0.15) is 25.3 Å². The number of halogens is 4. The highest BCUT2D eigenvalue weighted by Gasteiger charge is 2.20. The molecule has 6 nitrogen and oxygen atoms in total. The van der Waals surface area contributed by atoms with Crippen LogP contribution in [0.15, 0.2) is 36.4 Å². The van der Waals surface area contributed by atoms with Crippen LogP contribution < -0.4 is 15.3 Å². The van der Waals surface area contributed by atoms with Gasteiger partial charge >= 0.3 is 0 Å². The summed E-state index contributed by atoms with van der Waals surface area (Å²) in [6, 6.07) is 7.33. The minimum Gasteiger partial charge on any atom is -0.487 e. The van der Waals surface area contributed by atoms with E-state index in [0.29, 0.717) is 0 Å². The summed E-state index contributed by atoms with van der Waals surface area (Å²) in [6.07, 6.45) is -2.74. The zero-order chi connectivity index (χ0) is 21.3. The molecule has 0 heterocycles. The number of nitrogens with one attached hydrogen (secondary N) is 2. The Hall–Kier alpha value is -2.33. The lowest BCUT2D eigenvalue weighted by atomic mass is 10.1. The van der Waals surface area contributed by atoms with Crippen molar-refractivity contribution in [2.45, 2.75) is 20.3 Å². The Morgan fingerprint density at radius 2 is 1.93 bits per heavy atom. The summed E-state index contributed by atoms with van der Waals surface area (Å²) in [4.78, 5) is 17.2. The number of hydrogen-bond donors (Lipinski definition) is 3. The van der Waals surface area contributed by atoms with Crippen LogP contribution in [-0.2, 0) is 4.84 Å². The number of quaternary nitrogens is 1. The molecule has 1 amide bonds. The summed E-state index contributed by atoms with van der Waals surface area (Å²) < 4.78 is 42.9. The summed E-state index contributed by atoms with van der Waals surface area (Å²) in [6.45, 7) is 3.09. The van der Waals surface area contributed by atoms with E-state index in [9.17, 15) is 23.2 Å². The molecule has 3 N–H and O–H groups in total. The number of ether oxygens (including phenoxy) is 1. The highest BCUT2D eigenvalue weighted by molar-refractivity contribution is 6.31. The van der Waals surface area contributed by atoms with E-state index >= 15 is 0 Å². The van der Waals surface area contributed by atoms with Gasteiger partial charge in [-0.15, -0.1) is 0 Å². The summed E-state index contributed by atoms with van der Waals surface area (Å²) in [7, 11) is 1.22. The fraction of sp³-hybridized carbons (Fsp3) is 0.278. The third-order valence-electron chi connectivity index (χ3n) is 3.21. The average Bonchev–Trinajstić information content (AvgIpc) is 2.69. The number of anilines is 1. The number of rotatable bonds is 7. The van der Waals surface area contributed by atoms with Crippen LogP contribution in [0, 0.1) is 5.82 Å². The van der Waals surface area contributed by atoms with Crippen LogP contribution in [0.1, 0.15) is 24.2 Å². The van der Waals surface area contributed by atoms with Gasteiger partial charge in [-0.25, -0.2) is 13.2 Å². The zero-order valence-electron chi connectivity index (χ0n) is 15.4. The second kappa shape index (κ2) is 11.5. The lowest BCUT2D eigenvalue weighted by Crippen LogP contribution is -3.03. The maximum atomic E-state index is 13.2. The highest BCUT2D eigenvalue weighted by Crippen LogP contribution is 2.25. The minimum absolute atomic E-state index is 0.122. The summed E-state index contributed by atoms with van der Waals surface area (Å²) in [5.41, 5.74) is 0.193. The average molecular weight is 422 g/mol. The summed E-state index contributed by atoms with van der Waals surface area (Å²) >= 11 is 5.66. The van der Waals surface area contributed by atoms with Crippen LogP contribution in [0.2, 0.25) is 5.02 Å². The predicted molar refractivity (Wildman–Crippen MR) is 98.1 cm³/mol. The third kappa shape index (κ3) is 6.68. The number of benzene rings is 2. The smallest absolute Gasteiger partial charge is 0.272 e. The molecular formula is C18H21ClF3N2O4+. The maximum Gasteiger partial charge on any atom is 0.272 e. The van der Waals surface area contributed by atoms with Crippen molar-refractivity contribution in [3.05, 3.63) is 52.8 Å². The topological polar surface area (TPSA) is 72.2 Å². The van der Waals surface area contributed by atoms with Crippen LogP contribution in [-0.4, -0.2) is 31.3 Å². The normalized spacial score (nSPS) is 11.5. The fourth-order valence-electron chi connectivity index (χ4n) is 2.01. The number of carbonyl (C=O) groups excluding carboxylic acids is 1. The van der Waals surface area contributed by atoms with Crippen LogP contribution in [0.5, 0.6) is 5.75 Å². The molecule has 1 atom stereocenters. The van der Waals surface area contributed by atoms with Gasteiger partial charge in [0.15, 0.2) is 5.69 Å². The second-order valence-corrected chi connectivity index (χ2v) is 5.41. The van der Waals surface area contributed by atoms with Crippen LogP contribution >= 0.6 is 11.6 Å². The van der Waals surface area contributed by atoms with E-state index in [1.165, 1.54) is 37.4 Å². The lowest BCUT2D eigenvalue weighted by Gasteiger charge is -2.13. The monoisotopic (exact) mass is 421 g/mol. The fourth-order valence-corrected chi connectivity index (χ4v) is 2.19. The van der Waals surface area contributed by atoms with E-state index in [4.69, 9.17) is 16.3 Å². The van der Waals surface area contributed by atoms with Gasteiger partial charge in [0, 0.05) is 17.8 Å². The molecule has 0 aliphatic heterocycles. The van der Waals surface area contributed by atoms with Crippen LogP contribution in [0.3, 0.4) is 0 Å². The van der Waals surface area contributed by atoms with Gasteiger partial charge < -0.3 is 10.1 Å². The Morgan fingerprint density at radius 3 is 2.50 bits per heavy atom. The van der Waals surface area contributed by atoms with Gasteiger partial charge in [-0.2, -0.15) is 10.0 Å². The first-order chi connectivity index (χ1) is 13.3. The summed E-state index contributed by atoms with van der Waals surface area (Å²) in [5.74, 6) is -1.52. The molecule has 0 fully saturated rings. The number of carbonyl (C=O) groups is 1. The SMILES string of the molecule is CC.CO[NH+](O)c1ccc(OCC(F)F)c(C(=O)Nc2ccc(F)c(Cl)c2)c1. The van der Waals surface area contributed by atoms with Gasteiger partial charge in [0.05, 0.1) is 10.6 Å². The van der Waals surface area contributed by atoms with E-state index in [1.54, 1.807) is 0 Å². The molecule has 0 aliphatic rings. The summed E-state index contributed by atoms with van der Waals surface area (Å²) in [5, 5.41) is 11.4. The third-order valence-corrected chi connectivity index (χ3v) is 3.50. The molecule has 0 spiro atoms. The lowest BCUT2D eigenvalue weighted by molar-refractivity contribution is -1.19. The van der Waals surface area contributed by atoms with E-state index in [-0.39, 0.29) is 27.7 Å². The van der Waals surface area contributed by atoms with Gasteiger partial charge in [-0.05, 0) is 29.5 Å². The second-order valence-electron chi connectivity index (χ2n) is 5.01. The molecule has 154 valence electrons. The van der Waals surface area contributed by atoms with Crippen LogP contribution in [0.4, 0.5) is 24.5 Å². The number of alkyl halides is 2. The van der Waals surface area contributed by atoms with Gasteiger partial charge in [0.25, 0.3) is 12.3 Å². The molecule has 0 saturated carbocycles. The molecule has 2 rings (SSSR count). The molecule has 10 heteroatoms. The maximum absolute atomic E-state index is 13.2. The first-order valence-electron chi connectivity index (χ1n) is 8.23. The Balaban J connectivity index is 0.00000190. The first kappa shape index (κ1) is 23.7. The number of hydrogen-bond acceptors (Lipinski definition) is 4. The van der Waals surface area contributed by atoms with Crippen molar-refractivity contribution in [3.63, 3.8) is 0 Å². The Labute approximate surface area is 165 Å². The molecule has 1 unspecified atom stereocenters.